The molecule has 1 aromatic carbocycles. The minimum Gasteiger partial charge on any atom is -0.361 e. The topological polar surface area (TPSA) is 27.8 Å². The number of aromatic nitrogens is 1. The fourth-order valence-corrected chi connectivity index (χ4v) is 3.34. The van der Waals surface area contributed by atoms with Crippen molar-refractivity contribution in [3.05, 3.63) is 35.0 Å². The molecule has 2 nitrogen and oxygen atoms in total. The molecule has 3 rings (SSSR count). The summed E-state index contributed by atoms with van der Waals surface area (Å²) < 4.78 is 0. The van der Waals surface area contributed by atoms with Crippen molar-refractivity contribution < 1.29 is 0 Å². The van der Waals surface area contributed by atoms with E-state index in [1.807, 2.05) is 12.1 Å². The predicted octanol–water partition coefficient (Wildman–Crippen LogP) is 4.49. The number of hydrogen-bond acceptors (Lipinski definition) is 1. The molecule has 0 saturated heterocycles. The van der Waals surface area contributed by atoms with Crippen LogP contribution in [0.4, 0.5) is 0 Å². The molecule has 0 spiro atoms. The molecule has 1 aliphatic rings. The second kappa shape index (κ2) is 4.84. The maximum absolute atomic E-state index is 6.00. The molecule has 3 heteroatoms. The Labute approximate surface area is 119 Å². The molecule has 2 N–H and O–H groups in total. The van der Waals surface area contributed by atoms with E-state index in [9.17, 15) is 0 Å². The molecule has 0 radical (unpaired) electrons. The van der Waals surface area contributed by atoms with Crippen molar-refractivity contribution in [2.75, 3.05) is 0 Å². The lowest BCUT2D eigenvalue weighted by molar-refractivity contribution is 0.364. The Balaban J connectivity index is 1.69. The molecule has 0 bridgehead atoms. The molecule has 2 aromatic rings. The predicted molar refractivity (Wildman–Crippen MR) is 81.6 cm³/mol. The molecule has 0 aliphatic heterocycles. The number of nitrogens with one attached hydrogen (secondary N) is 2. The first-order valence-electron chi connectivity index (χ1n) is 7.02. The van der Waals surface area contributed by atoms with Gasteiger partial charge in [0, 0.05) is 34.7 Å². The van der Waals surface area contributed by atoms with Crippen LogP contribution in [0.2, 0.25) is 5.02 Å². The number of H-pyrrole nitrogens is 1. The van der Waals surface area contributed by atoms with Crippen molar-refractivity contribution >= 4 is 22.5 Å². The normalized spacial score (nSPS) is 22.2. The lowest BCUT2D eigenvalue weighted by Crippen LogP contribution is -2.26. The first kappa shape index (κ1) is 13.0. The van der Waals surface area contributed by atoms with Crippen LogP contribution in [0.1, 0.15) is 38.7 Å². The van der Waals surface area contributed by atoms with Gasteiger partial charge in [0.25, 0.3) is 0 Å². The number of aromatic amines is 1. The minimum atomic E-state index is 0.505. The summed E-state index contributed by atoms with van der Waals surface area (Å²) in [6, 6.07) is 6.70. The minimum absolute atomic E-state index is 0.505. The standard InChI is InChI=1S/C16H21ClN2/c1-16(2)6-5-13(8-16)18-9-11-10-19-15-7-12(17)3-4-14(11)15/h3-4,7,10,13,18-19H,5-6,8-9H2,1-2H3. The van der Waals surface area contributed by atoms with Gasteiger partial charge >= 0.3 is 0 Å². The third kappa shape index (κ3) is 2.80. The van der Waals surface area contributed by atoms with E-state index in [4.69, 9.17) is 11.6 Å². The highest BCUT2D eigenvalue weighted by atomic mass is 35.5. The van der Waals surface area contributed by atoms with Gasteiger partial charge in [-0.15, -0.1) is 0 Å². The fourth-order valence-electron chi connectivity index (χ4n) is 3.17. The van der Waals surface area contributed by atoms with Crippen LogP contribution in [-0.2, 0) is 6.54 Å². The molecule has 1 heterocycles. The van der Waals surface area contributed by atoms with Gasteiger partial charge in [0.15, 0.2) is 0 Å². The number of halogens is 1. The summed E-state index contributed by atoms with van der Waals surface area (Å²) in [6.07, 6.45) is 5.99. The highest BCUT2D eigenvalue weighted by Crippen LogP contribution is 2.37. The molecule has 19 heavy (non-hydrogen) atoms. The summed E-state index contributed by atoms with van der Waals surface area (Å²) in [5.41, 5.74) is 2.96. The number of benzene rings is 1. The molecule has 1 atom stereocenters. The lowest BCUT2D eigenvalue weighted by Gasteiger charge is -2.17. The Kier molecular flexibility index (Phi) is 3.32. The number of rotatable bonds is 3. The monoisotopic (exact) mass is 276 g/mol. The van der Waals surface area contributed by atoms with Crippen LogP contribution in [0.15, 0.2) is 24.4 Å². The van der Waals surface area contributed by atoms with Gasteiger partial charge in [-0.2, -0.15) is 0 Å². The summed E-state index contributed by atoms with van der Waals surface area (Å²) in [7, 11) is 0. The number of hydrogen-bond donors (Lipinski definition) is 2. The largest absolute Gasteiger partial charge is 0.361 e. The highest BCUT2D eigenvalue weighted by Gasteiger charge is 2.30. The number of fused-ring (bicyclic) bond motifs is 1. The first-order valence-corrected chi connectivity index (χ1v) is 7.40. The SMILES string of the molecule is CC1(C)CCC(NCc2c[nH]c3cc(Cl)ccc23)C1. The van der Waals surface area contributed by atoms with Crippen LogP contribution in [0.5, 0.6) is 0 Å². The smallest absolute Gasteiger partial charge is 0.0472 e. The lowest BCUT2D eigenvalue weighted by atomic mass is 9.92. The van der Waals surface area contributed by atoms with E-state index < -0.39 is 0 Å². The van der Waals surface area contributed by atoms with Crippen molar-refractivity contribution in [2.45, 2.75) is 45.7 Å². The molecule has 102 valence electrons. The summed E-state index contributed by atoms with van der Waals surface area (Å²) in [5, 5.41) is 5.75. The van der Waals surface area contributed by atoms with Gasteiger partial charge in [-0.25, -0.2) is 0 Å². The second-order valence-electron chi connectivity index (χ2n) is 6.49. The van der Waals surface area contributed by atoms with E-state index in [1.54, 1.807) is 0 Å². The summed E-state index contributed by atoms with van der Waals surface area (Å²) >= 11 is 6.00. The molecular weight excluding hydrogens is 256 g/mol. The van der Waals surface area contributed by atoms with E-state index in [0.29, 0.717) is 11.5 Å². The Bertz CT molecular complexity index is 585. The van der Waals surface area contributed by atoms with Crippen LogP contribution in [0.25, 0.3) is 10.9 Å². The van der Waals surface area contributed by atoms with E-state index >= 15 is 0 Å². The molecule has 0 amide bonds. The van der Waals surface area contributed by atoms with Crippen molar-refractivity contribution in [2.24, 2.45) is 5.41 Å². The third-order valence-corrected chi connectivity index (χ3v) is 4.51. The summed E-state index contributed by atoms with van der Waals surface area (Å²) in [4.78, 5) is 3.30. The molecule has 1 aliphatic carbocycles. The van der Waals surface area contributed by atoms with Crippen molar-refractivity contribution in [3.8, 4) is 0 Å². The van der Waals surface area contributed by atoms with Crippen molar-refractivity contribution in [3.63, 3.8) is 0 Å². The van der Waals surface area contributed by atoms with Gasteiger partial charge in [0.2, 0.25) is 0 Å². The van der Waals surface area contributed by atoms with E-state index in [-0.39, 0.29) is 0 Å². The van der Waals surface area contributed by atoms with Crippen LogP contribution in [0, 0.1) is 5.41 Å². The van der Waals surface area contributed by atoms with Crippen molar-refractivity contribution in [1.82, 2.24) is 10.3 Å². The Morgan fingerprint density at radius 2 is 2.26 bits per heavy atom. The van der Waals surface area contributed by atoms with Crippen LogP contribution in [-0.4, -0.2) is 11.0 Å². The Hall–Kier alpha value is -0.990. The fraction of sp³-hybridized carbons (Fsp3) is 0.500. The van der Waals surface area contributed by atoms with Gasteiger partial charge in [0.1, 0.15) is 0 Å². The zero-order valence-corrected chi connectivity index (χ0v) is 12.3. The maximum atomic E-state index is 6.00. The Morgan fingerprint density at radius 1 is 1.42 bits per heavy atom. The van der Waals surface area contributed by atoms with E-state index in [0.717, 1.165) is 17.1 Å². The molecular formula is C16H21ClN2. The van der Waals surface area contributed by atoms with E-state index in [1.165, 1.54) is 30.2 Å². The molecule has 1 saturated carbocycles. The zero-order chi connectivity index (χ0) is 13.5. The highest BCUT2D eigenvalue weighted by molar-refractivity contribution is 6.31. The molecule has 1 unspecified atom stereocenters. The first-order chi connectivity index (χ1) is 9.03. The Morgan fingerprint density at radius 3 is 3.00 bits per heavy atom. The summed E-state index contributed by atoms with van der Waals surface area (Å²) in [5.74, 6) is 0. The van der Waals surface area contributed by atoms with Crippen LogP contribution in [0.3, 0.4) is 0 Å². The van der Waals surface area contributed by atoms with Crippen molar-refractivity contribution in [1.29, 1.82) is 0 Å². The van der Waals surface area contributed by atoms with Gasteiger partial charge in [0.05, 0.1) is 0 Å². The average molecular weight is 277 g/mol. The van der Waals surface area contributed by atoms with Gasteiger partial charge < -0.3 is 10.3 Å². The molecule has 1 aromatic heterocycles. The quantitative estimate of drug-likeness (QED) is 0.849. The average Bonchev–Trinajstić information content (AvgIpc) is 2.89. The van der Waals surface area contributed by atoms with Gasteiger partial charge in [-0.1, -0.05) is 31.5 Å². The second-order valence-corrected chi connectivity index (χ2v) is 6.93. The third-order valence-electron chi connectivity index (χ3n) is 4.28. The van der Waals surface area contributed by atoms with Crippen LogP contribution >= 0.6 is 11.6 Å². The van der Waals surface area contributed by atoms with Gasteiger partial charge in [-0.3, -0.25) is 0 Å². The maximum Gasteiger partial charge on any atom is 0.0472 e. The van der Waals surface area contributed by atoms with Crippen LogP contribution < -0.4 is 5.32 Å². The molecule has 1 fully saturated rings. The van der Waals surface area contributed by atoms with Gasteiger partial charge in [-0.05, 0) is 42.4 Å². The zero-order valence-electron chi connectivity index (χ0n) is 11.6. The summed E-state index contributed by atoms with van der Waals surface area (Å²) in [6.45, 7) is 5.66. The van der Waals surface area contributed by atoms with E-state index in [2.05, 4.69) is 36.4 Å².